The highest BCUT2D eigenvalue weighted by Crippen LogP contribution is 2.29. The Bertz CT molecular complexity index is 6680. The number of likely N-dealkylation sites (N-methyl/N-ethyl adjacent to an activating group) is 4. The zero-order chi connectivity index (χ0) is 108. The molecule has 9 aromatic carbocycles. The molecule has 4 aliphatic heterocycles. The summed E-state index contributed by atoms with van der Waals surface area (Å²) in [6, 6.07) is 70.1. The number of allylic oxidation sites excluding steroid dienone is 1. The summed E-state index contributed by atoms with van der Waals surface area (Å²) >= 11 is 0. The summed E-state index contributed by atoms with van der Waals surface area (Å²) in [4.78, 5) is 134. The number of amidine groups is 1. The largest absolute Gasteiger partial charge is 0.399 e. The molecule has 13 aromatic rings. The van der Waals surface area contributed by atoms with Gasteiger partial charge in [0.1, 0.15) is 0 Å². The van der Waals surface area contributed by atoms with Gasteiger partial charge in [-0.3, -0.25) is 89.0 Å². The highest BCUT2D eigenvalue weighted by Gasteiger charge is 2.23. The minimum Gasteiger partial charge on any atom is -0.399 e. The molecule has 35 heteroatoms. The summed E-state index contributed by atoms with van der Waals surface area (Å²) < 4.78 is 0. The van der Waals surface area contributed by atoms with Crippen molar-refractivity contribution in [1.82, 2.24) is 69.0 Å². The van der Waals surface area contributed by atoms with E-state index in [1.807, 2.05) is 191 Å². The van der Waals surface area contributed by atoms with E-state index in [0.717, 1.165) is 176 Å². The van der Waals surface area contributed by atoms with Crippen LogP contribution in [0.4, 0.5) is 57.1 Å². The minimum atomic E-state index is -0.446. The smallest absolute Gasteiger partial charge is 0.274 e. The van der Waals surface area contributed by atoms with Crippen molar-refractivity contribution in [2.75, 3.05) is 185 Å². The zero-order valence-electron chi connectivity index (χ0n) is 87.5. The lowest BCUT2D eigenvalue weighted by Gasteiger charge is -2.32. The number of nitro groups is 2. The molecule has 4 aliphatic rings. The first-order valence-corrected chi connectivity index (χ1v) is 49.6. The lowest BCUT2D eigenvalue weighted by molar-refractivity contribution is -0.385. The number of carbonyl (C=O) groups is 6. The predicted molar refractivity (Wildman–Crippen MR) is 597 cm³/mol. The number of amides is 4. The van der Waals surface area contributed by atoms with Gasteiger partial charge in [0.05, 0.1) is 21.4 Å². The Morgan fingerprint density at radius 2 is 0.767 bits per heavy atom. The molecule has 35 nitrogen and oxygen atoms in total. The van der Waals surface area contributed by atoms with Gasteiger partial charge in [-0.25, -0.2) is 9.97 Å². The van der Waals surface area contributed by atoms with Gasteiger partial charge in [0.2, 0.25) is 5.95 Å². The Hall–Kier alpha value is -16.4. The van der Waals surface area contributed by atoms with Crippen LogP contribution >= 0.6 is 0 Å². The number of rotatable bonds is 27. The molecule has 0 bridgehead atoms. The Morgan fingerprint density at radius 1 is 0.407 bits per heavy atom. The molecule has 12 N–H and O–H groups in total. The molecule has 0 saturated carbocycles. The number of hydrogen-bond acceptors (Lipinski definition) is 28. The van der Waals surface area contributed by atoms with Crippen molar-refractivity contribution in [2.24, 2.45) is 5.73 Å². The molecule has 0 aliphatic carbocycles. The maximum atomic E-state index is 12.9. The van der Waals surface area contributed by atoms with Gasteiger partial charge in [-0.15, -0.1) is 0 Å². The van der Waals surface area contributed by atoms with Crippen LogP contribution in [0.3, 0.4) is 0 Å². The van der Waals surface area contributed by atoms with Gasteiger partial charge in [-0.2, -0.15) is 0 Å². The Balaban J connectivity index is 0.000000173. The number of nitro benzene ring substituents is 2. The third-order valence-electron chi connectivity index (χ3n) is 25.4. The van der Waals surface area contributed by atoms with E-state index in [1.165, 1.54) is 47.4 Å². The summed E-state index contributed by atoms with van der Waals surface area (Å²) in [7, 11) is 12.3. The number of nitrogens with one attached hydrogen (secondary N) is 6. The van der Waals surface area contributed by atoms with Crippen LogP contribution in [-0.2, 0) is 32.6 Å². The van der Waals surface area contributed by atoms with Crippen LogP contribution in [0.5, 0.6) is 0 Å². The van der Waals surface area contributed by atoms with Crippen molar-refractivity contribution in [3.05, 3.63) is 395 Å². The van der Waals surface area contributed by atoms with Crippen LogP contribution in [0, 0.1) is 60.3 Å². The standard InChI is InChI=1S/C29H31N7O.C22H29N5O.C20H24N4O3.C20H26N4O.C10H12N2O.C7H8N2O2.C7H7NO/c1-21-5-10-25(18-27(21)34-29-31-13-11-26(33-29)24-4-3-12-30-19-24)32-28(37)23-8-6-22(7-9-23)20-36-16-14-35(2)15-17-36;1-16-3-8-20(13-19(16)14-21(23)24)25-22(28)18-6-4-17(5-7-18)15-27-11-9-26(2)10-12-27;1-15-3-8-18(13-19(15)24(26)27)21-20(25)17-6-4-16(5-7-17)14-23-11-9-22(2)10-12-23;1-15-3-8-18(13-19(15)21)22-20(25)17-6-4-16(5-7-17)14-24-11-9-23(2)10-12-24;1-12(2)7-5-10(13)9-4-3-6-11-8-9;1-5-2-3-6(8)4-7(5)9(10)11;1-6(9)7-3-2-4-8-5-7/h3-13,18-19H,14-17,20H2,1-2H3,(H,32,37)(H,31,33,34);3-8,13H,9-12,14-15H2,1-2H3,(H3,23,24)(H,25,28);3-8,13H,9-12,14H2,1-2H3,(H,21,25);3-8,13H,9-12,14,21H2,1-2H3,(H,22,25);3-8H,1-2H3;2-4H,8H2,1H3;2-5H,1H3/b;;;;7-5+;;. The third-order valence-corrected chi connectivity index (χ3v) is 25.4. The number of hydrogen-bond donors (Lipinski definition) is 9. The summed E-state index contributed by atoms with van der Waals surface area (Å²) in [6.07, 6.45) is 15.3. The van der Waals surface area contributed by atoms with Crippen molar-refractivity contribution in [1.29, 1.82) is 5.41 Å². The SMILES string of the molecule is CC(=O)c1cccnc1.CN(C)/C=C/C(=O)c1cccnc1.Cc1ccc(N)cc1[N+](=O)[O-].Cc1ccc(NC(=O)c2ccc(CN3CCN(C)CC3)cc2)cc1CC(=N)N.Cc1ccc(NC(=O)c2ccc(CN3CCN(C)CC3)cc2)cc1N.Cc1ccc(NC(=O)c2ccc(CN3CCN(C)CC3)cc2)cc1Nc1nccc(-c2cccnc2)n1.Cc1ccc(NC(=O)c2ccc(CN3CCN(C)CC3)cc2)cc1[N+](=O)[O-]. The molecular formula is C115H137N25O10. The van der Waals surface area contributed by atoms with Crippen LogP contribution < -0.4 is 43.8 Å². The first-order chi connectivity index (χ1) is 72.0. The molecule has 782 valence electrons. The van der Waals surface area contributed by atoms with Crippen molar-refractivity contribution in [2.45, 2.75) is 74.1 Å². The lowest BCUT2D eigenvalue weighted by atomic mass is 10.0. The summed E-state index contributed by atoms with van der Waals surface area (Å²) in [5, 5.41) is 43.7. The number of aromatic nitrogens is 5. The molecule has 8 heterocycles. The monoisotopic (exact) mass is 2030 g/mol. The van der Waals surface area contributed by atoms with Gasteiger partial charge in [0.25, 0.3) is 35.0 Å². The maximum absolute atomic E-state index is 12.9. The summed E-state index contributed by atoms with van der Waals surface area (Å²) in [5.74, 6) is -0.0514. The topological polar surface area (TPSA) is 444 Å². The highest BCUT2D eigenvalue weighted by atomic mass is 16.6. The average Bonchev–Trinajstić information content (AvgIpc) is 0.829. The Kier molecular flexibility index (Phi) is 43.8. The van der Waals surface area contributed by atoms with Gasteiger partial charge >= 0.3 is 0 Å². The van der Waals surface area contributed by atoms with Gasteiger partial charge < -0.3 is 68.3 Å². The summed E-state index contributed by atoms with van der Waals surface area (Å²) in [6.45, 7) is 31.8. The summed E-state index contributed by atoms with van der Waals surface area (Å²) in [5.41, 5.74) is 36.8. The number of anilines is 8. The first-order valence-electron chi connectivity index (χ1n) is 49.6. The fraction of sp³-hybridized carbons (Fsp3) is 0.287. The van der Waals surface area contributed by atoms with Crippen LogP contribution in [0.15, 0.2) is 286 Å². The Morgan fingerprint density at radius 3 is 1.13 bits per heavy atom. The van der Waals surface area contributed by atoms with Crippen molar-refractivity contribution >= 4 is 98.2 Å². The van der Waals surface area contributed by atoms with Crippen LogP contribution in [-0.4, -0.2) is 267 Å². The second-order valence-electron chi connectivity index (χ2n) is 37.7. The highest BCUT2D eigenvalue weighted by molar-refractivity contribution is 6.07. The molecule has 0 unspecified atom stereocenters. The average molecular weight is 2030 g/mol. The number of benzene rings is 9. The molecule has 0 atom stereocenters. The van der Waals surface area contributed by atoms with E-state index in [-0.39, 0.29) is 52.4 Å². The minimum absolute atomic E-state index is 0.00433. The van der Waals surface area contributed by atoms with Crippen molar-refractivity contribution in [3.63, 3.8) is 0 Å². The zero-order valence-corrected chi connectivity index (χ0v) is 87.5. The quantitative estimate of drug-likeness (QED) is 0.00439. The molecule has 0 radical (unpaired) electrons. The molecule has 150 heavy (non-hydrogen) atoms. The molecular weight excluding hydrogens is 1890 g/mol. The van der Waals surface area contributed by atoms with E-state index >= 15 is 0 Å². The predicted octanol–water partition coefficient (Wildman–Crippen LogP) is 16.7. The van der Waals surface area contributed by atoms with Crippen molar-refractivity contribution in [3.8, 4) is 11.3 Å². The maximum Gasteiger partial charge on any atom is 0.274 e. The normalized spacial score (nSPS) is 14.0. The molecule has 17 rings (SSSR count). The van der Waals surface area contributed by atoms with Crippen LogP contribution in [0.25, 0.3) is 11.3 Å². The molecule has 4 amide bonds. The number of piperazine rings is 4. The van der Waals surface area contributed by atoms with Crippen LogP contribution in [0.2, 0.25) is 0 Å². The van der Waals surface area contributed by atoms with Crippen molar-refractivity contribution < 1.29 is 38.6 Å². The third kappa shape index (κ3) is 37.8. The van der Waals surface area contributed by atoms with Gasteiger partial charge in [0, 0.05) is 309 Å². The number of nitrogen functional groups attached to an aromatic ring is 2. The van der Waals surface area contributed by atoms with Gasteiger partial charge in [-0.1, -0.05) is 78.9 Å². The number of nitrogens with zero attached hydrogens (tertiary/aromatic N) is 16. The molecule has 4 saturated heterocycles. The van der Waals surface area contributed by atoms with E-state index in [1.54, 1.807) is 130 Å². The molecule has 4 aromatic heterocycles. The second kappa shape index (κ2) is 57.7. The number of Topliss-reactive ketones (excluding diaryl/α,β-unsaturated/α-hetero) is 1. The van der Waals surface area contributed by atoms with Gasteiger partial charge in [-0.05, 0) is 254 Å². The fourth-order valence-corrected chi connectivity index (χ4v) is 15.9. The van der Waals surface area contributed by atoms with E-state index in [4.69, 9.17) is 22.6 Å². The number of aryl methyl sites for hydroxylation is 5. The number of carbonyl (C=O) groups excluding carboxylic acids is 6. The molecule has 4 fully saturated rings. The van der Waals surface area contributed by atoms with E-state index in [9.17, 15) is 49.0 Å². The number of ketones is 2. The number of nitrogens with two attached hydrogens (primary N) is 3. The van der Waals surface area contributed by atoms with E-state index in [2.05, 4.69) is 119 Å². The fourth-order valence-electron chi connectivity index (χ4n) is 15.9. The second-order valence-corrected chi connectivity index (χ2v) is 37.7. The first kappa shape index (κ1) is 114. The number of pyridine rings is 3. The van der Waals surface area contributed by atoms with Crippen LogP contribution in [0.1, 0.15) is 125 Å². The van der Waals surface area contributed by atoms with E-state index < -0.39 is 9.85 Å². The Labute approximate surface area is 877 Å². The van der Waals surface area contributed by atoms with E-state index in [0.29, 0.717) is 85.3 Å². The molecule has 0 spiro atoms. The lowest BCUT2D eigenvalue weighted by Crippen LogP contribution is -2.43. The van der Waals surface area contributed by atoms with Gasteiger partial charge in [0.15, 0.2) is 11.6 Å².